The summed E-state index contributed by atoms with van der Waals surface area (Å²) in [5.41, 5.74) is -1.61. The summed E-state index contributed by atoms with van der Waals surface area (Å²) in [6.45, 7) is 2.81. The summed E-state index contributed by atoms with van der Waals surface area (Å²) in [6, 6.07) is 1.83. The molecule has 116 valence electrons. The van der Waals surface area contributed by atoms with Crippen molar-refractivity contribution in [2.24, 2.45) is 0 Å². The van der Waals surface area contributed by atoms with E-state index >= 15 is 0 Å². The Morgan fingerprint density at radius 1 is 1.24 bits per heavy atom. The van der Waals surface area contributed by atoms with Gasteiger partial charge in [0.1, 0.15) is 5.82 Å². The Bertz CT molecular complexity index is 510. The van der Waals surface area contributed by atoms with Crippen molar-refractivity contribution in [3.8, 4) is 0 Å². The van der Waals surface area contributed by atoms with E-state index in [9.17, 15) is 22.4 Å². The summed E-state index contributed by atoms with van der Waals surface area (Å²) in [5.74, 6) is -1.78. The lowest BCUT2D eigenvalue weighted by Crippen LogP contribution is -2.34. The van der Waals surface area contributed by atoms with E-state index in [1.54, 1.807) is 0 Å². The van der Waals surface area contributed by atoms with Crippen molar-refractivity contribution in [2.45, 2.75) is 19.0 Å². The second kappa shape index (κ2) is 6.43. The molecule has 0 unspecified atom stereocenters. The van der Waals surface area contributed by atoms with E-state index in [0.29, 0.717) is 24.7 Å². The number of carbonyl (C=O) groups is 1. The number of carbonyl (C=O) groups excluding carboxylic acids is 1. The molecule has 1 aliphatic heterocycles. The third-order valence-electron chi connectivity index (χ3n) is 3.45. The number of nitrogens with one attached hydrogen (secondary N) is 1. The summed E-state index contributed by atoms with van der Waals surface area (Å²) >= 11 is 0. The molecule has 1 aliphatic rings. The van der Waals surface area contributed by atoms with Crippen LogP contribution in [0.4, 0.5) is 17.6 Å². The van der Waals surface area contributed by atoms with Crippen LogP contribution in [0.1, 0.15) is 28.8 Å². The first-order valence-electron chi connectivity index (χ1n) is 6.75. The number of hydrogen-bond donors (Lipinski definition) is 1. The molecule has 0 atom stereocenters. The molecule has 0 aliphatic carbocycles. The fourth-order valence-corrected chi connectivity index (χ4v) is 2.30. The summed E-state index contributed by atoms with van der Waals surface area (Å²) in [4.78, 5) is 13.9. The number of nitrogens with zero attached hydrogens (tertiary/aromatic N) is 1. The average Bonchev–Trinajstić information content (AvgIpc) is 2.91. The molecule has 0 aromatic heterocycles. The van der Waals surface area contributed by atoms with Gasteiger partial charge in [0.05, 0.1) is 11.1 Å². The first-order valence-corrected chi connectivity index (χ1v) is 6.75. The van der Waals surface area contributed by atoms with Gasteiger partial charge in [-0.05, 0) is 44.1 Å². The van der Waals surface area contributed by atoms with E-state index in [2.05, 4.69) is 10.2 Å². The van der Waals surface area contributed by atoms with Crippen LogP contribution in [0.25, 0.3) is 0 Å². The predicted octanol–water partition coefficient (Wildman–Crippen LogP) is 2.67. The molecule has 3 nitrogen and oxygen atoms in total. The second-order valence-electron chi connectivity index (χ2n) is 5.00. The first kappa shape index (κ1) is 15.8. The SMILES string of the molecule is O=C(NCCN1CCCC1)c1cc(C(F)(F)F)ccc1F. The Morgan fingerprint density at radius 3 is 2.52 bits per heavy atom. The standard InChI is InChI=1S/C14H16F4N2O/c15-12-4-3-10(14(16,17)18)9-11(12)13(21)19-5-8-20-6-1-2-7-20/h3-4,9H,1-2,5-8H2,(H,19,21). The molecule has 0 spiro atoms. The van der Waals surface area contributed by atoms with Crippen molar-refractivity contribution in [2.75, 3.05) is 26.2 Å². The maximum absolute atomic E-state index is 13.5. The number of benzene rings is 1. The lowest BCUT2D eigenvalue weighted by Gasteiger charge is -2.15. The minimum absolute atomic E-state index is 0.286. The van der Waals surface area contributed by atoms with Crippen LogP contribution in [0, 0.1) is 5.82 Å². The molecule has 1 fully saturated rings. The van der Waals surface area contributed by atoms with Gasteiger partial charge in [-0.15, -0.1) is 0 Å². The molecule has 1 heterocycles. The molecule has 0 bridgehead atoms. The molecule has 1 N–H and O–H groups in total. The Labute approximate surface area is 119 Å². The van der Waals surface area contributed by atoms with Crippen LogP contribution in [-0.2, 0) is 6.18 Å². The van der Waals surface area contributed by atoms with E-state index in [1.165, 1.54) is 0 Å². The van der Waals surface area contributed by atoms with Crippen molar-refractivity contribution >= 4 is 5.91 Å². The van der Waals surface area contributed by atoms with Gasteiger partial charge in [0.2, 0.25) is 0 Å². The largest absolute Gasteiger partial charge is 0.416 e. The molecular weight excluding hydrogens is 288 g/mol. The molecule has 7 heteroatoms. The summed E-state index contributed by atoms with van der Waals surface area (Å²) in [6.07, 6.45) is -2.38. The molecule has 1 aromatic carbocycles. The van der Waals surface area contributed by atoms with Crippen LogP contribution < -0.4 is 5.32 Å². The van der Waals surface area contributed by atoms with Crippen LogP contribution in [0.2, 0.25) is 0 Å². The lowest BCUT2D eigenvalue weighted by atomic mass is 10.1. The van der Waals surface area contributed by atoms with Crippen molar-refractivity contribution in [1.29, 1.82) is 0 Å². The van der Waals surface area contributed by atoms with Crippen molar-refractivity contribution < 1.29 is 22.4 Å². The second-order valence-corrected chi connectivity index (χ2v) is 5.00. The zero-order valence-corrected chi connectivity index (χ0v) is 11.3. The number of halogens is 4. The van der Waals surface area contributed by atoms with Crippen LogP contribution in [-0.4, -0.2) is 37.0 Å². The van der Waals surface area contributed by atoms with Gasteiger partial charge in [-0.3, -0.25) is 4.79 Å². The van der Waals surface area contributed by atoms with Crippen LogP contribution in [0.5, 0.6) is 0 Å². The fraction of sp³-hybridized carbons (Fsp3) is 0.500. The topological polar surface area (TPSA) is 32.3 Å². The molecule has 1 amide bonds. The zero-order chi connectivity index (χ0) is 15.5. The number of hydrogen-bond acceptors (Lipinski definition) is 2. The highest BCUT2D eigenvalue weighted by atomic mass is 19.4. The van der Waals surface area contributed by atoms with Crippen molar-refractivity contribution in [1.82, 2.24) is 10.2 Å². The van der Waals surface area contributed by atoms with Gasteiger partial charge in [-0.2, -0.15) is 13.2 Å². The molecule has 1 aromatic rings. The Morgan fingerprint density at radius 2 is 1.90 bits per heavy atom. The van der Waals surface area contributed by atoms with E-state index in [-0.39, 0.29) is 6.54 Å². The zero-order valence-electron chi connectivity index (χ0n) is 11.3. The average molecular weight is 304 g/mol. The highest BCUT2D eigenvalue weighted by Crippen LogP contribution is 2.30. The predicted molar refractivity (Wildman–Crippen MR) is 69.4 cm³/mol. The molecule has 2 rings (SSSR count). The monoisotopic (exact) mass is 304 g/mol. The Hall–Kier alpha value is -1.63. The molecule has 21 heavy (non-hydrogen) atoms. The molecule has 0 radical (unpaired) electrons. The van der Waals surface area contributed by atoms with Gasteiger partial charge in [0.15, 0.2) is 0 Å². The van der Waals surface area contributed by atoms with Gasteiger partial charge in [-0.25, -0.2) is 4.39 Å². The number of likely N-dealkylation sites (tertiary alicyclic amines) is 1. The Kier molecular flexibility index (Phi) is 4.82. The first-order chi connectivity index (χ1) is 9.88. The lowest BCUT2D eigenvalue weighted by molar-refractivity contribution is -0.137. The van der Waals surface area contributed by atoms with Gasteiger partial charge in [0, 0.05) is 13.1 Å². The summed E-state index contributed by atoms with van der Waals surface area (Å²) in [5, 5.41) is 2.46. The maximum Gasteiger partial charge on any atom is 0.416 e. The van der Waals surface area contributed by atoms with E-state index in [1.807, 2.05) is 0 Å². The molecule has 0 saturated carbocycles. The van der Waals surface area contributed by atoms with Gasteiger partial charge in [0.25, 0.3) is 5.91 Å². The van der Waals surface area contributed by atoms with E-state index in [0.717, 1.165) is 25.9 Å². The minimum Gasteiger partial charge on any atom is -0.351 e. The van der Waals surface area contributed by atoms with Gasteiger partial charge < -0.3 is 10.2 Å². The minimum atomic E-state index is -4.60. The number of rotatable bonds is 4. The number of amides is 1. The number of alkyl halides is 3. The van der Waals surface area contributed by atoms with E-state index < -0.39 is 29.0 Å². The van der Waals surface area contributed by atoms with Gasteiger partial charge >= 0.3 is 6.18 Å². The molecular formula is C14H16F4N2O. The molecule has 1 saturated heterocycles. The van der Waals surface area contributed by atoms with Crippen molar-refractivity contribution in [3.05, 3.63) is 35.1 Å². The fourth-order valence-electron chi connectivity index (χ4n) is 2.30. The van der Waals surface area contributed by atoms with Crippen molar-refractivity contribution in [3.63, 3.8) is 0 Å². The smallest absolute Gasteiger partial charge is 0.351 e. The highest BCUT2D eigenvalue weighted by molar-refractivity contribution is 5.94. The van der Waals surface area contributed by atoms with Gasteiger partial charge in [-0.1, -0.05) is 0 Å². The summed E-state index contributed by atoms with van der Waals surface area (Å²) in [7, 11) is 0. The van der Waals surface area contributed by atoms with Crippen LogP contribution in [0.15, 0.2) is 18.2 Å². The van der Waals surface area contributed by atoms with E-state index in [4.69, 9.17) is 0 Å². The van der Waals surface area contributed by atoms with Crippen LogP contribution in [0.3, 0.4) is 0 Å². The maximum atomic E-state index is 13.5. The quantitative estimate of drug-likeness (QED) is 0.867. The van der Waals surface area contributed by atoms with Crippen LogP contribution >= 0.6 is 0 Å². The highest BCUT2D eigenvalue weighted by Gasteiger charge is 2.31. The normalized spacial score (nSPS) is 16.2. The Balaban J connectivity index is 1.97. The third kappa shape index (κ3) is 4.17. The summed E-state index contributed by atoms with van der Waals surface area (Å²) < 4.78 is 51.2. The third-order valence-corrected chi connectivity index (χ3v) is 3.45.